The van der Waals surface area contributed by atoms with Gasteiger partial charge in [0.2, 0.25) is 0 Å². The Morgan fingerprint density at radius 3 is 2.40 bits per heavy atom. The maximum absolute atomic E-state index is 12.0. The molecular formula is C8H6Cl2F3NO. The van der Waals surface area contributed by atoms with Gasteiger partial charge in [-0.2, -0.15) is 0 Å². The normalized spacial score (nSPS) is 11.5. The molecule has 0 spiro atoms. The van der Waals surface area contributed by atoms with Crippen molar-refractivity contribution >= 4 is 28.9 Å². The van der Waals surface area contributed by atoms with Gasteiger partial charge < -0.3 is 10.5 Å². The van der Waals surface area contributed by atoms with Gasteiger partial charge >= 0.3 is 6.36 Å². The molecule has 0 saturated heterocycles. The van der Waals surface area contributed by atoms with Crippen LogP contribution in [0.4, 0.5) is 18.9 Å². The third-order valence-electron chi connectivity index (χ3n) is 1.55. The molecule has 1 rings (SSSR count). The first-order chi connectivity index (χ1) is 6.83. The Morgan fingerprint density at radius 2 is 1.93 bits per heavy atom. The number of nitrogens with two attached hydrogens (primary N) is 1. The number of anilines is 1. The van der Waals surface area contributed by atoms with Gasteiger partial charge in [-0.15, -0.1) is 24.8 Å². The lowest BCUT2D eigenvalue weighted by Gasteiger charge is -2.13. The zero-order chi connectivity index (χ0) is 11.6. The maximum Gasteiger partial charge on any atom is 0.573 e. The van der Waals surface area contributed by atoms with E-state index in [2.05, 4.69) is 4.74 Å². The summed E-state index contributed by atoms with van der Waals surface area (Å²) in [6, 6.07) is 2.23. The van der Waals surface area contributed by atoms with Crippen molar-refractivity contribution in [2.45, 2.75) is 12.2 Å². The van der Waals surface area contributed by atoms with Crippen molar-refractivity contribution in [2.24, 2.45) is 0 Å². The smallest absolute Gasteiger partial charge is 0.405 e. The van der Waals surface area contributed by atoms with Crippen LogP contribution in [0.2, 0.25) is 5.02 Å². The molecule has 2 N–H and O–H groups in total. The zero-order valence-corrected chi connectivity index (χ0v) is 8.75. The minimum Gasteiger partial charge on any atom is -0.405 e. The molecule has 0 aromatic heterocycles. The van der Waals surface area contributed by atoms with Gasteiger partial charge in [0, 0.05) is 11.6 Å². The van der Waals surface area contributed by atoms with Crippen molar-refractivity contribution in [1.82, 2.24) is 0 Å². The molecular weight excluding hydrogens is 254 g/mol. The number of benzene rings is 1. The van der Waals surface area contributed by atoms with Gasteiger partial charge in [0.15, 0.2) is 0 Å². The van der Waals surface area contributed by atoms with Crippen LogP contribution in [0.1, 0.15) is 5.56 Å². The van der Waals surface area contributed by atoms with Gasteiger partial charge in [-0.1, -0.05) is 11.6 Å². The summed E-state index contributed by atoms with van der Waals surface area (Å²) in [4.78, 5) is 0. The van der Waals surface area contributed by atoms with Gasteiger partial charge in [-0.25, -0.2) is 0 Å². The van der Waals surface area contributed by atoms with E-state index in [0.717, 1.165) is 6.07 Å². The van der Waals surface area contributed by atoms with Crippen molar-refractivity contribution < 1.29 is 17.9 Å². The number of alkyl halides is 4. The fraction of sp³-hybridized carbons (Fsp3) is 0.250. The molecule has 0 atom stereocenters. The van der Waals surface area contributed by atoms with Crippen LogP contribution in [0.3, 0.4) is 0 Å². The van der Waals surface area contributed by atoms with E-state index in [9.17, 15) is 13.2 Å². The van der Waals surface area contributed by atoms with E-state index in [1.165, 1.54) is 6.07 Å². The Bertz CT molecular complexity index is 368. The topological polar surface area (TPSA) is 35.2 Å². The number of halogens is 5. The summed E-state index contributed by atoms with van der Waals surface area (Å²) in [6.07, 6.45) is -4.78. The Balaban J connectivity index is 3.11. The second-order valence-corrected chi connectivity index (χ2v) is 3.34. The first-order valence-corrected chi connectivity index (χ1v) is 4.64. The quantitative estimate of drug-likeness (QED) is 0.651. The highest BCUT2D eigenvalue weighted by atomic mass is 35.5. The second kappa shape index (κ2) is 4.37. The van der Waals surface area contributed by atoms with E-state index < -0.39 is 12.1 Å². The van der Waals surface area contributed by atoms with Gasteiger partial charge in [-0.05, 0) is 6.07 Å². The van der Waals surface area contributed by atoms with Crippen LogP contribution in [-0.4, -0.2) is 6.36 Å². The Kier molecular flexibility index (Phi) is 3.57. The standard InChI is InChI=1S/C8H6Cl2F3NO/c9-3-4-1-6(14)5(10)2-7(4)15-8(11,12)13/h1-2H,3,14H2. The minimum atomic E-state index is -4.78. The third-order valence-corrected chi connectivity index (χ3v) is 2.16. The summed E-state index contributed by atoms with van der Waals surface area (Å²) in [5.74, 6) is -0.580. The summed E-state index contributed by atoms with van der Waals surface area (Å²) in [7, 11) is 0. The minimum absolute atomic E-state index is 0.0110. The summed E-state index contributed by atoms with van der Waals surface area (Å²) >= 11 is 11.0. The highest BCUT2D eigenvalue weighted by Gasteiger charge is 2.32. The second-order valence-electron chi connectivity index (χ2n) is 2.66. The zero-order valence-electron chi connectivity index (χ0n) is 7.24. The molecule has 15 heavy (non-hydrogen) atoms. The average molecular weight is 260 g/mol. The Labute approximate surface area is 93.7 Å². The van der Waals surface area contributed by atoms with Crippen LogP contribution in [0, 0.1) is 0 Å². The monoisotopic (exact) mass is 259 g/mol. The van der Waals surface area contributed by atoms with Crippen molar-refractivity contribution in [1.29, 1.82) is 0 Å². The molecule has 0 amide bonds. The number of rotatable bonds is 2. The van der Waals surface area contributed by atoms with Crippen LogP contribution >= 0.6 is 23.2 Å². The first kappa shape index (κ1) is 12.3. The van der Waals surface area contributed by atoms with Gasteiger partial charge in [-0.3, -0.25) is 0 Å². The van der Waals surface area contributed by atoms with Crippen LogP contribution < -0.4 is 10.5 Å². The predicted octanol–water partition coefficient (Wildman–Crippen LogP) is 3.56. The van der Waals surface area contributed by atoms with E-state index in [4.69, 9.17) is 28.9 Å². The van der Waals surface area contributed by atoms with E-state index in [1.54, 1.807) is 0 Å². The first-order valence-electron chi connectivity index (χ1n) is 3.73. The van der Waals surface area contributed by atoms with E-state index in [1.807, 2.05) is 0 Å². The molecule has 1 aromatic carbocycles. The van der Waals surface area contributed by atoms with Crippen molar-refractivity contribution in [3.05, 3.63) is 22.7 Å². The molecule has 0 radical (unpaired) electrons. The third kappa shape index (κ3) is 3.35. The Hall–Kier alpha value is -0.810. The lowest BCUT2D eigenvalue weighted by atomic mass is 10.2. The summed E-state index contributed by atoms with van der Waals surface area (Å²) in [5.41, 5.74) is 5.69. The molecule has 2 nitrogen and oxygen atoms in total. The fourth-order valence-corrected chi connectivity index (χ4v) is 1.31. The molecule has 0 heterocycles. The molecule has 1 aromatic rings. The van der Waals surface area contributed by atoms with Crippen LogP contribution in [0.25, 0.3) is 0 Å². The fourth-order valence-electron chi connectivity index (χ4n) is 0.943. The van der Waals surface area contributed by atoms with Gasteiger partial charge in [0.25, 0.3) is 0 Å². The molecule has 0 fully saturated rings. The van der Waals surface area contributed by atoms with Crippen LogP contribution in [0.5, 0.6) is 5.75 Å². The predicted molar refractivity (Wildman–Crippen MR) is 52.1 cm³/mol. The molecule has 0 saturated carbocycles. The average Bonchev–Trinajstić information content (AvgIpc) is 2.08. The van der Waals surface area contributed by atoms with Gasteiger partial charge in [0.1, 0.15) is 5.75 Å². The van der Waals surface area contributed by atoms with Crippen molar-refractivity contribution in [2.75, 3.05) is 5.73 Å². The number of ether oxygens (including phenoxy) is 1. The highest BCUT2D eigenvalue weighted by molar-refractivity contribution is 6.33. The van der Waals surface area contributed by atoms with E-state index in [0.29, 0.717) is 0 Å². The lowest BCUT2D eigenvalue weighted by Crippen LogP contribution is -2.18. The molecule has 0 unspecified atom stereocenters. The lowest BCUT2D eigenvalue weighted by molar-refractivity contribution is -0.274. The van der Waals surface area contributed by atoms with Crippen molar-refractivity contribution in [3.8, 4) is 5.75 Å². The molecule has 84 valence electrons. The molecule has 0 aliphatic rings. The summed E-state index contributed by atoms with van der Waals surface area (Å²) in [5, 5.41) is -0.0110. The number of hydrogen-bond acceptors (Lipinski definition) is 2. The van der Waals surface area contributed by atoms with Gasteiger partial charge in [0.05, 0.1) is 16.6 Å². The number of hydrogen-bond donors (Lipinski definition) is 1. The summed E-state index contributed by atoms with van der Waals surface area (Å²) in [6.45, 7) is 0. The highest BCUT2D eigenvalue weighted by Crippen LogP contribution is 2.33. The number of nitrogen functional groups attached to an aromatic ring is 1. The maximum atomic E-state index is 12.0. The summed E-state index contributed by atoms with van der Waals surface area (Å²) < 4.78 is 39.6. The molecule has 0 aliphatic heterocycles. The molecule has 0 aliphatic carbocycles. The van der Waals surface area contributed by atoms with Crippen LogP contribution in [-0.2, 0) is 5.88 Å². The molecule has 7 heteroatoms. The molecule has 0 bridgehead atoms. The SMILES string of the molecule is Nc1cc(CCl)c(OC(F)(F)F)cc1Cl. The Morgan fingerprint density at radius 1 is 1.33 bits per heavy atom. The van der Waals surface area contributed by atoms with Crippen molar-refractivity contribution in [3.63, 3.8) is 0 Å². The van der Waals surface area contributed by atoms with Crippen LogP contribution in [0.15, 0.2) is 12.1 Å². The van der Waals surface area contributed by atoms with E-state index in [-0.39, 0.29) is 22.2 Å². The van der Waals surface area contributed by atoms with E-state index >= 15 is 0 Å². The largest absolute Gasteiger partial charge is 0.573 e.